The molecule has 1 fully saturated rings. The molecule has 0 aliphatic heterocycles. The fourth-order valence-corrected chi connectivity index (χ4v) is 2.93. The minimum atomic E-state index is 0.339. The predicted octanol–water partition coefficient (Wildman–Crippen LogP) is 4.15. The summed E-state index contributed by atoms with van der Waals surface area (Å²) in [4.78, 5) is 0. The van der Waals surface area contributed by atoms with Gasteiger partial charge in [-0.3, -0.25) is 0 Å². The van der Waals surface area contributed by atoms with Crippen LogP contribution in [0, 0.1) is 11.8 Å². The smallest absolute Gasteiger partial charge is 0.120 e. The van der Waals surface area contributed by atoms with Crippen molar-refractivity contribution in [3.63, 3.8) is 0 Å². The maximum atomic E-state index is 5.43. The molecule has 0 amide bonds. The molecule has 1 aliphatic rings. The van der Waals surface area contributed by atoms with E-state index in [-0.39, 0.29) is 0 Å². The Bertz CT molecular complexity index is 310. The van der Waals surface area contributed by atoms with Crippen molar-refractivity contribution in [3.05, 3.63) is 24.2 Å². The SMILES string of the molecule is CC(NC1CCC(C(C)C)CC1)c1ccco1. The monoisotopic (exact) mass is 235 g/mol. The molecule has 0 saturated heterocycles. The lowest BCUT2D eigenvalue weighted by molar-refractivity contribution is 0.226. The largest absolute Gasteiger partial charge is 0.468 e. The Morgan fingerprint density at radius 1 is 1.18 bits per heavy atom. The van der Waals surface area contributed by atoms with E-state index in [1.807, 2.05) is 6.07 Å². The molecule has 1 N–H and O–H groups in total. The van der Waals surface area contributed by atoms with Crippen molar-refractivity contribution < 1.29 is 4.42 Å². The standard InChI is InChI=1S/C15H25NO/c1-11(2)13-6-8-14(9-7-13)16-12(3)15-5-4-10-17-15/h4-5,10-14,16H,6-9H2,1-3H3. The molecule has 1 aromatic heterocycles. The van der Waals surface area contributed by atoms with Crippen LogP contribution in [0.3, 0.4) is 0 Å². The Hall–Kier alpha value is -0.760. The van der Waals surface area contributed by atoms with Gasteiger partial charge in [-0.1, -0.05) is 13.8 Å². The summed E-state index contributed by atoms with van der Waals surface area (Å²) in [5, 5.41) is 3.69. The van der Waals surface area contributed by atoms with E-state index in [0.717, 1.165) is 17.6 Å². The topological polar surface area (TPSA) is 25.2 Å². The first kappa shape index (κ1) is 12.7. The highest BCUT2D eigenvalue weighted by molar-refractivity contribution is 5.03. The van der Waals surface area contributed by atoms with E-state index < -0.39 is 0 Å². The zero-order valence-corrected chi connectivity index (χ0v) is 11.3. The summed E-state index contributed by atoms with van der Waals surface area (Å²) >= 11 is 0. The normalized spacial score (nSPS) is 27.3. The Kier molecular flexibility index (Phi) is 4.27. The average Bonchev–Trinajstić information content (AvgIpc) is 2.83. The summed E-state index contributed by atoms with van der Waals surface area (Å²) in [7, 11) is 0. The molecule has 1 unspecified atom stereocenters. The van der Waals surface area contributed by atoms with Crippen LogP contribution in [0.25, 0.3) is 0 Å². The van der Waals surface area contributed by atoms with Gasteiger partial charge in [0.1, 0.15) is 5.76 Å². The van der Waals surface area contributed by atoms with Gasteiger partial charge in [0.25, 0.3) is 0 Å². The second kappa shape index (κ2) is 5.72. The van der Waals surface area contributed by atoms with Gasteiger partial charge in [-0.05, 0) is 56.6 Å². The van der Waals surface area contributed by atoms with Gasteiger partial charge in [0.15, 0.2) is 0 Å². The zero-order chi connectivity index (χ0) is 12.3. The number of nitrogens with one attached hydrogen (secondary N) is 1. The second-order valence-electron chi connectivity index (χ2n) is 5.76. The van der Waals surface area contributed by atoms with Gasteiger partial charge >= 0.3 is 0 Å². The fraction of sp³-hybridized carbons (Fsp3) is 0.733. The molecule has 2 heteroatoms. The van der Waals surface area contributed by atoms with Gasteiger partial charge in [0, 0.05) is 6.04 Å². The quantitative estimate of drug-likeness (QED) is 0.848. The highest BCUT2D eigenvalue weighted by Gasteiger charge is 2.24. The number of furan rings is 1. The average molecular weight is 235 g/mol. The van der Waals surface area contributed by atoms with Crippen LogP contribution in [0.2, 0.25) is 0 Å². The minimum absolute atomic E-state index is 0.339. The van der Waals surface area contributed by atoms with Gasteiger partial charge in [0.05, 0.1) is 12.3 Å². The summed E-state index contributed by atoms with van der Waals surface area (Å²) in [6.45, 7) is 6.89. The van der Waals surface area contributed by atoms with E-state index in [9.17, 15) is 0 Å². The molecular weight excluding hydrogens is 210 g/mol. The molecule has 0 spiro atoms. The molecule has 0 bridgehead atoms. The third kappa shape index (κ3) is 3.35. The van der Waals surface area contributed by atoms with Crippen molar-refractivity contribution in [2.24, 2.45) is 11.8 Å². The summed E-state index contributed by atoms with van der Waals surface area (Å²) in [6, 6.07) is 5.02. The van der Waals surface area contributed by atoms with Gasteiger partial charge in [0.2, 0.25) is 0 Å². The summed E-state index contributed by atoms with van der Waals surface area (Å²) in [5.41, 5.74) is 0. The Morgan fingerprint density at radius 2 is 1.88 bits per heavy atom. The third-order valence-electron chi connectivity index (χ3n) is 4.17. The summed E-state index contributed by atoms with van der Waals surface area (Å²) < 4.78 is 5.43. The predicted molar refractivity (Wildman–Crippen MR) is 70.8 cm³/mol. The highest BCUT2D eigenvalue weighted by atomic mass is 16.3. The lowest BCUT2D eigenvalue weighted by Crippen LogP contribution is -2.35. The van der Waals surface area contributed by atoms with Crippen LogP contribution >= 0.6 is 0 Å². The van der Waals surface area contributed by atoms with Crippen LogP contribution in [0.4, 0.5) is 0 Å². The van der Waals surface area contributed by atoms with E-state index in [1.165, 1.54) is 25.7 Å². The maximum Gasteiger partial charge on any atom is 0.120 e. The molecule has 0 aromatic carbocycles. The molecule has 1 heterocycles. The molecule has 96 valence electrons. The van der Waals surface area contributed by atoms with Crippen LogP contribution in [-0.4, -0.2) is 6.04 Å². The molecule has 2 nitrogen and oxygen atoms in total. The molecule has 17 heavy (non-hydrogen) atoms. The van der Waals surface area contributed by atoms with Crippen molar-refractivity contribution in [2.45, 2.75) is 58.5 Å². The zero-order valence-electron chi connectivity index (χ0n) is 11.3. The molecule has 0 radical (unpaired) electrons. The van der Waals surface area contributed by atoms with Crippen LogP contribution in [0.5, 0.6) is 0 Å². The summed E-state index contributed by atoms with van der Waals surface area (Å²) in [5.74, 6) is 2.83. The number of rotatable bonds is 4. The number of hydrogen-bond donors (Lipinski definition) is 1. The third-order valence-corrected chi connectivity index (χ3v) is 4.17. The molecule has 1 atom stereocenters. The van der Waals surface area contributed by atoms with Crippen molar-refractivity contribution >= 4 is 0 Å². The van der Waals surface area contributed by atoms with Crippen LogP contribution < -0.4 is 5.32 Å². The van der Waals surface area contributed by atoms with Crippen LogP contribution in [0.1, 0.15) is 58.3 Å². The maximum absolute atomic E-state index is 5.43. The van der Waals surface area contributed by atoms with E-state index in [2.05, 4.69) is 32.2 Å². The Labute approximate surface area is 105 Å². The van der Waals surface area contributed by atoms with E-state index in [0.29, 0.717) is 12.1 Å². The van der Waals surface area contributed by atoms with Crippen molar-refractivity contribution in [3.8, 4) is 0 Å². The van der Waals surface area contributed by atoms with Gasteiger partial charge in [-0.2, -0.15) is 0 Å². The van der Waals surface area contributed by atoms with Crippen LogP contribution in [0.15, 0.2) is 22.8 Å². The fourth-order valence-electron chi connectivity index (χ4n) is 2.93. The highest BCUT2D eigenvalue weighted by Crippen LogP contribution is 2.30. The molecular formula is C15H25NO. The molecule has 1 aliphatic carbocycles. The lowest BCUT2D eigenvalue weighted by Gasteiger charge is -2.32. The Balaban J connectivity index is 1.78. The van der Waals surface area contributed by atoms with E-state index in [4.69, 9.17) is 4.42 Å². The minimum Gasteiger partial charge on any atom is -0.468 e. The van der Waals surface area contributed by atoms with Gasteiger partial charge in [-0.25, -0.2) is 0 Å². The summed E-state index contributed by atoms with van der Waals surface area (Å²) in [6.07, 6.45) is 7.13. The van der Waals surface area contributed by atoms with Crippen LogP contribution in [-0.2, 0) is 0 Å². The van der Waals surface area contributed by atoms with E-state index in [1.54, 1.807) is 6.26 Å². The van der Waals surface area contributed by atoms with E-state index >= 15 is 0 Å². The Morgan fingerprint density at radius 3 is 2.41 bits per heavy atom. The first-order valence-corrected chi connectivity index (χ1v) is 6.96. The first-order chi connectivity index (χ1) is 8.16. The lowest BCUT2D eigenvalue weighted by atomic mass is 9.79. The molecule has 2 rings (SSSR count). The van der Waals surface area contributed by atoms with Gasteiger partial charge in [-0.15, -0.1) is 0 Å². The van der Waals surface area contributed by atoms with Crippen molar-refractivity contribution in [1.82, 2.24) is 5.32 Å². The molecule has 1 saturated carbocycles. The first-order valence-electron chi connectivity index (χ1n) is 6.96. The van der Waals surface area contributed by atoms with Crippen molar-refractivity contribution in [2.75, 3.05) is 0 Å². The van der Waals surface area contributed by atoms with Crippen molar-refractivity contribution in [1.29, 1.82) is 0 Å². The van der Waals surface area contributed by atoms with Gasteiger partial charge < -0.3 is 9.73 Å². The number of hydrogen-bond acceptors (Lipinski definition) is 2. The second-order valence-corrected chi connectivity index (χ2v) is 5.76. The molecule has 1 aromatic rings.